The van der Waals surface area contributed by atoms with Crippen LogP contribution in [0.2, 0.25) is 0 Å². The molecular formula is C22H33NO3. The molecule has 2 heterocycles. The van der Waals surface area contributed by atoms with Crippen molar-refractivity contribution in [2.24, 2.45) is 0 Å². The van der Waals surface area contributed by atoms with Crippen LogP contribution in [-0.4, -0.2) is 34.0 Å². The first-order valence-electron chi connectivity index (χ1n) is 9.99. The quantitative estimate of drug-likeness (QED) is 0.307. The van der Waals surface area contributed by atoms with Gasteiger partial charge in [-0.2, -0.15) is 0 Å². The van der Waals surface area contributed by atoms with Crippen molar-refractivity contribution >= 4 is 6.08 Å². The highest BCUT2D eigenvalue weighted by atomic mass is 16.6. The van der Waals surface area contributed by atoms with Crippen molar-refractivity contribution in [1.29, 1.82) is 0 Å². The van der Waals surface area contributed by atoms with E-state index >= 15 is 0 Å². The van der Waals surface area contributed by atoms with Crippen LogP contribution < -0.4 is 0 Å². The van der Waals surface area contributed by atoms with E-state index in [1.165, 1.54) is 19.3 Å². The highest BCUT2D eigenvalue weighted by Gasteiger charge is 2.40. The molecule has 4 heteroatoms. The van der Waals surface area contributed by atoms with Gasteiger partial charge in [0.2, 0.25) is 0 Å². The van der Waals surface area contributed by atoms with Gasteiger partial charge < -0.3 is 14.9 Å². The highest BCUT2D eigenvalue weighted by molar-refractivity contribution is 5.45. The standard InChI is InChI=1S/C22H33NO3/c1-2-3-4-5-6-7-12-19(25)16-15-18-11-10-13-20(23-18)22-21(26-22)14-8-9-17-24/h6-7,10-11,13,15-16,19,21-22,24-25H,2-5,8-9,12,14,17H2,1H3. The molecule has 1 fully saturated rings. The summed E-state index contributed by atoms with van der Waals surface area (Å²) < 4.78 is 5.70. The van der Waals surface area contributed by atoms with Crippen molar-refractivity contribution < 1.29 is 14.9 Å². The molecule has 2 N–H and O–H groups in total. The monoisotopic (exact) mass is 359 g/mol. The Hall–Kier alpha value is -1.49. The first-order chi connectivity index (χ1) is 12.7. The van der Waals surface area contributed by atoms with Gasteiger partial charge in [-0.25, -0.2) is 0 Å². The predicted octanol–water partition coefficient (Wildman–Crippen LogP) is 4.58. The van der Waals surface area contributed by atoms with E-state index in [1.54, 1.807) is 6.08 Å². The second-order valence-corrected chi connectivity index (χ2v) is 6.93. The van der Waals surface area contributed by atoms with Gasteiger partial charge in [0.05, 0.1) is 23.6 Å². The lowest BCUT2D eigenvalue weighted by atomic mass is 10.1. The number of aromatic nitrogens is 1. The molecule has 0 bridgehead atoms. The fraction of sp³-hybridized carbons (Fsp3) is 0.591. The number of pyridine rings is 1. The zero-order valence-electron chi connectivity index (χ0n) is 15.9. The van der Waals surface area contributed by atoms with E-state index in [1.807, 2.05) is 24.3 Å². The summed E-state index contributed by atoms with van der Waals surface area (Å²) in [5.74, 6) is 0. The minimum Gasteiger partial charge on any atom is -0.396 e. The van der Waals surface area contributed by atoms with E-state index in [0.717, 1.165) is 37.1 Å². The summed E-state index contributed by atoms with van der Waals surface area (Å²) in [5.41, 5.74) is 1.80. The Kier molecular flexibility index (Phi) is 9.61. The number of epoxide rings is 1. The van der Waals surface area contributed by atoms with Gasteiger partial charge in [-0.05, 0) is 56.7 Å². The zero-order chi connectivity index (χ0) is 18.6. The van der Waals surface area contributed by atoms with Gasteiger partial charge in [-0.15, -0.1) is 0 Å². The van der Waals surface area contributed by atoms with Gasteiger partial charge in [0, 0.05) is 6.61 Å². The van der Waals surface area contributed by atoms with Crippen LogP contribution in [0.3, 0.4) is 0 Å². The molecule has 1 saturated heterocycles. The molecule has 0 radical (unpaired) electrons. The van der Waals surface area contributed by atoms with Gasteiger partial charge >= 0.3 is 0 Å². The summed E-state index contributed by atoms with van der Waals surface area (Å²) in [7, 11) is 0. The molecule has 2 rings (SSSR count). The number of hydrogen-bond donors (Lipinski definition) is 2. The Bertz CT molecular complexity index is 570. The van der Waals surface area contributed by atoms with Gasteiger partial charge in [0.25, 0.3) is 0 Å². The maximum Gasteiger partial charge on any atom is 0.126 e. The van der Waals surface area contributed by atoms with E-state index in [0.29, 0.717) is 6.42 Å². The van der Waals surface area contributed by atoms with Gasteiger partial charge in [0.15, 0.2) is 0 Å². The highest BCUT2D eigenvalue weighted by Crippen LogP contribution is 2.40. The third kappa shape index (κ3) is 7.81. The second-order valence-electron chi connectivity index (χ2n) is 6.93. The largest absolute Gasteiger partial charge is 0.396 e. The fourth-order valence-corrected chi connectivity index (χ4v) is 2.95. The van der Waals surface area contributed by atoms with Crippen molar-refractivity contribution in [2.45, 2.75) is 76.6 Å². The SMILES string of the molecule is CCCCCC=CCC(O)C=Cc1cccc(C2OC2CCCCO)n1. The molecule has 144 valence electrons. The second kappa shape index (κ2) is 12.0. The van der Waals surface area contributed by atoms with Crippen LogP contribution in [0.15, 0.2) is 36.4 Å². The van der Waals surface area contributed by atoms with E-state index in [4.69, 9.17) is 9.84 Å². The lowest BCUT2D eigenvalue weighted by Crippen LogP contribution is -2.00. The minimum absolute atomic E-state index is 0.0815. The van der Waals surface area contributed by atoms with Crippen LogP contribution in [0.5, 0.6) is 0 Å². The zero-order valence-corrected chi connectivity index (χ0v) is 15.9. The lowest BCUT2D eigenvalue weighted by Gasteiger charge is -2.02. The molecule has 0 amide bonds. The Balaban J connectivity index is 1.74. The average molecular weight is 360 g/mol. The molecule has 1 aromatic heterocycles. The third-order valence-electron chi connectivity index (χ3n) is 4.57. The van der Waals surface area contributed by atoms with Crippen molar-refractivity contribution in [3.63, 3.8) is 0 Å². The fourth-order valence-electron chi connectivity index (χ4n) is 2.95. The van der Waals surface area contributed by atoms with E-state index in [2.05, 4.69) is 24.1 Å². The smallest absolute Gasteiger partial charge is 0.126 e. The van der Waals surface area contributed by atoms with Crippen LogP contribution >= 0.6 is 0 Å². The first-order valence-corrected chi connectivity index (χ1v) is 9.99. The van der Waals surface area contributed by atoms with Crippen LogP contribution in [0.1, 0.15) is 75.8 Å². The molecule has 3 atom stereocenters. The number of aliphatic hydroxyl groups is 2. The predicted molar refractivity (Wildman–Crippen MR) is 106 cm³/mol. The van der Waals surface area contributed by atoms with E-state index in [-0.39, 0.29) is 18.8 Å². The molecule has 0 spiro atoms. The maximum absolute atomic E-state index is 10.1. The Labute approximate surface area is 157 Å². The summed E-state index contributed by atoms with van der Waals surface area (Å²) >= 11 is 0. The normalized spacial score (nSPS) is 20.9. The molecule has 0 aliphatic carbocycles. The molecule has 4 nitrogen and oxygen atoms in total. The molecule has 3 unspecified atom stereocenters. The average Bonchev–Trinajstić information content (AvgIpc) is 3.43. The molecule has 1 aliphatic rings. The lowest BCUT2D eigenvalue weighted by molar-refractivity contribution is 0.227. The summed E-state index contributed by atoms with van der Waals surface area (Å²) in [6.45, 7) is 2.44. The number of ether oxygens (including phenoxy) is 1. The topological polar surface area (TPSA) is 65.9 Å². The first kappa shape index (κ1) is 20.8. The molecule has 0 saturated carbocycles. The third-order valence-corrected chi connectivity index (χ3v) is 4.57. The maximum atomic E-state index is 10.1. The van der Waals surface area contributed by atoms with Gasteiger partial charge in [-0.3, -0.25) is 4.98 Å². The van der Waals surface area contributed by atoms with Crippen molar-refractivity contribution in [1.82, 2.24) is 4.98 Å². The Morgan fingerprint density at radius 3 is 2.88 bits per heavy atom. The molecule has 26 heavy (non-hydrogen) atoms. The summed E-state index contributed by atoms with van der Waals surface area (Å²) in [4.78, 5) is 4.63. The van der Waals surface area contributed by atoms with E-state index < -0.39 is 6.10 Å². The number of aliphatic hydroxyl groups excluding tert-OH is 2. The summed E-state index contributed by atoms with van der Waals surface area (Å²) in [6, 6.07) is 5.91. The van der Waals surface area contributed by atoms with Crippen LogP contribution in [0.4, 0.5) is 0 Å². The number of nitrogens with zero attached hydrogens (tertiary/aromatic N) is 1. The Morgan fingerprint density at radius 1 is 1.19 bits per heavy atom. The summed E-state index contributed by atoms with van der Waals surface area (Å²) in [5, 5.41) is 18.9. The number of allylic oxidation sites excluding steroid dienone is 1. The number of unbranched alkanes of at least 4 members (excludes halogenated alkanes) is 4. The van der Waals surface area contributed by atoms with Crippen molar-refractivity contribution in [3.8, 4) is 0 Å². The van der Waals surface area contributed by atoms with Crippen molar-refractivity contribution in [2.75, 3.05) is 6.61 Å². The molecule has 0 aromatic carbocycles. The molecule has 1 aliphatic heterocycles. The minimum atomic E-state index is -0.480. The summed E-state index contributed by atoms with van der Waals surface area (Å²) in [6.07, 6.45) is 16.0. The van der Waals surface area contributed by atoms with Crippen molar-refractivity contribution in [3.05, 3.63) is 47.8 Å². The van der Waals surface area contributed by atoms with Crippen LogP contribution in [0.25, 0.3) is 6.08 Å². The van der Waals surface area contributed by atoms with Gasteiger partial charge in [-0.1, -0.05) is 44.1 Å². The number of hydrogen-bond acceptors (Lipinski definition) is 4. The molecule has 1 aromatic rings. The van der Waals surface area contributed by atoms with E-state index in [9.17, 15) is 5.11 Å². The van der Waals surface area contributed by atoms with Crippen LogP contribution in [-0.2, 0) is 4.74 Å². The van der Waals surface area contributed by atoms with Gasteiger partial charge in [0.1, 0.15) is 6.10 Å². The van der Waals surface area contributed by atoms with Crippen LogP contribution in [0, 0.1) is 0 Å². The molecular weight excluding hydrogens is 326 g/mol. The Morgan fingerprint density at radius 2 is 2.08 bits per heavy atom. The number of rotatable bonds is 13.